The van der Waals surface area contributed by atoms with Gasteiger partial charge in [-0.15, -0.1) is 0 Å². The van der Waals surface area contributed by atoms with Crippen LogP contribution in [0.4, 0.5) is 0 Å². The van der Waals surface area contributed by atoms with Crippen LogP contribution in [0.3, 0.4) is 0 Å². The Hall–Kier alpha value is -1.32. The van der Waals surface area contributed by atoms with Gasteiger partial charge in [0.25, 0.3) is 0 Å². The van der Waals surface area contributed by atoms with Gasteiger partial charge in [0.05, 0.1) is 6.33 Å². The first-order valence-electron chi connectivity index (χ1n) is 3.04. The number of rotatable bonds is 3. The molecule has 1 heterocycles. The second kappa shape index (κ2) is 3.00. The van der Waals surface area contributed by atoms with Gasteiger partial charge in [0.2, 0.25) is 5.91 Å². The van der Waals surface area contributed by atoms with Crippen LogP contribution in [0.2, 0.25) is 0 Å². The van der Waals surface area contributed by atoms with Crippen molar-refractivity contribution in [1.29, 1.82) is 0 Å². The van der Waals surface area contributed by atoms with Crippen molar-refractivity contribution in [3.8, 4) is 0 Å². The standard InChI is InChI=1S/C6H9N3O/c7-6(10)2-1-5-3-8-4-9-5/h3-4H,1-2H2,(H2,7,10)(H,8,9). The van der Waals surface area contributed by atoms with Crippen LogP contribution >= 0.6 is 0 Å². The molecule has 0 aliphatic rings. The summed E-state index contributed by atoms with van der Waals surface area (Å²) in [5.74, 6) is -0.283. The number of amides is 1. The highest BCUT2D eigenvalue weighted by Crippen LogP contribution is 1.94. The molecule has 0 fully saturated rings. The molecule has 4 nitrogen and oxygen atoms in total. The summed E-state index contributed by atoms with van der Waals surface area (Å²) >= 11 is 0. The van der Waals surface area contributed by atoms with E-state index in [0.717, 1.165) is 5.69 Å². The largest absolute Gasteiger partial charge is 0.370 e. The van der Waals surface area contributed by atoms with Crippen molar-refractivity contribution in [1.82, 2.24) is 9.97 Å². The zero-order valence-corrected chi connectivity index (χ0v) is 5.50. The quantitative estimate of drug-likeness (QED) is 0.610. The van der Waals surface area contributed by atoms with Crippen molar-refractivity contribution in [3.63, 3.8) is 0 Å². The van der Waals surface area contributed by atoms with E-state index >= 15 is 0 Å². The zero-order chi connectivity index (χ0) is 7.40. The Kier molecular flexibility index (Phi) is 2.04. The number of nitrogens with one attached hydrogen (secondary N) is 1. The van der Waals surface area contributed by atoms with Gasteiger partial charge in [-0.1, -0.05) is 0 Å². The van der Waals surface area contributed by atoms with Gasteiger partial charge < -0.3 is 10.7 Å². The van der Waals surface area contributed by atoms with Crippen LogP contribution in [0.15, 0.2) is 12.5 Å². The molecule has 0 saturated heterocycles. The third-order valence-corrected chi connectivity index (χ3v) is 1.20. The zero-order valence-electron chi connectivity index (χ0n) is 5.50. The van der Waals surface area contributed by atoms with Crippen LogP contribution < -0.4 is 5.73 Å². The first kappa shape index (κ1) is 6.80. The highest BCUT2D eigenvalue weighted by molar-refractivity contribution is 5.73. The summed E-state index contributed by atoms with van der Waals surface area (Å²) < 4.78 is 0. The minimum Gasteiger partial charge on any atom is -0.370 e. The number of imidazole rings is 1. The van der Waals surface area contributed by atoms with Crippen molar-refractivity contribution in [2.75, 3.05) is 0 Å². The minimum absolute atomic E-state index is 0.283. The van der Waals surface area contributed by atoms with Crippen LogP contribution in [0, 0.1) is 0 Å². The number of aromatic nitrogens is 2. The lowest BCUT2D eigenvalue weighted by Gasteiger charge is -1.90. The van der Waals surface area contributed by atoms with E-state index in [0.29, 0.717) is 12.8 Å². The maximum Gasteiger partial charge on any atom is 0.217 e. The molecular weight excluding hydrogens is 130 g/mol. The number of aromatic amines is 1. The highest BCUT2D eigenvalue weighted by Gasteiger charge is 1.96. The van der Waals surface area contributed by atoms with Gasteiger partial charge in [-0.3, -0.25) is 4.79 Å². The minimum atomic E-state index is -0.283. The molecule has 0 aliphatic heterocycles. The van der Waals surface area contributed by atoms with Gasteiger partial charge in [-0.05, 0) is 6.42 Å². The fraction of sp³-hybridized carbons (Fsp3) is 0.333. The Morgan fingerprint density at radius 3 is 3.10 bits per heavy atom. The van der Waals surface area contributed by atoms with E-state index < -0.39 is 0 Å². The van der Waals surface area contributed by atoms with Gasteiger partial charge >= 0.3 is 0 Å². The summed E-state index contributed by atoms with van der Waals surface area (Å²) in [5, 5.41) is 0. The van der Waals surface area contributed by atoms with E-state index in [4.69, 9.17) is 5.73 Å². The molecule has 1 aromatic heterocycles. The normalized spacial score (nSPS) is 9.60. The summed E-state index contributed by atoms with van der Waals surface area (Å²) in [6.07, 6.45) is 4.29. The van der Waals surface area contributed by atoms with Crippen LogP contribution in [0.25, 0.3) is 0 Å². The molecule has 10 heavy (non-hydrogen) atoms. The molecule has 1 rings (SSSR count). The molecule has 0 aliphatic carbocycles. The highest BCUT2D eigenvalue weighted by atomic mass is 16.1. The predicted molar refractivity (Wildman–Crippen MR) is 36.1 cm³/mol. The molecule has 0 spiro atoms. The van der Waals surface area contributed by atoms with Gasteiger partial charge in [-0.2, -0.15) is 0 Å². The topological polar surface area (TPSA) is 71.8 Å². The summed E-state index contributed by atoms with van der Waals surface area (Å²) in [7, 11) is 0. The summed E-state index contributed by atoms with van der Waals surface area (Å²) in [6, 6.07) is 0. The number of aryl methyl sites for hydroxylation is 1. The maximum atomic E-state index is 10.3. The Morgan fingerprint density at radius 1 is 1.80 bits per heavy atom. The van der Waals surface area contributed by atoms with E-state index in [-0.39, 0.29) is 5.91 Å². The Balaban J connectivity index is 2.35. The van der Waals surface area contributed by atoms with Crippen molar-refractivity contribution in [2.24, 2.45) is 5.73 Å². The predicted octanol–water partition coefficient (Wildman–Crippen LogP) is -0.172. The molecule has 1 aromatic rings. The third kappa shape index (κ3) is 1.89. The van der Waals surface area contributed by atoms with E-state index in [1.54, 1.807) is 12.5 Å². The van der Waals surface area contributed by atoms with Crippen molar-refractivity contribution in [2.45, 2.75) is 12.8 Å². The number of hydrogen-bond donors (Lipinski definition) is 2. The van der Waals surface area contributed by atoms with Gasteiger partial charge in [0, 0.05) is 18.3 Å². The van der Waals surface area contributed by atoms with Crippen molar-refractivity contribution >= 4 is 5.91 Å². The summed E-state index contributed by atoms with van der Waals surface area (Å²) in [4.78, 5) is 16.9. The van der Waals surface area contributed by atoms with Gasteiger partial charge in [0.15, 0.2) is 0 Å². The molecule has 0 bridgehead atoms. The van der Waals surface area contributed by atoms with E-state index in [1.807, 2.05) is 0 Å². The molecule has 0 saturated carbocycles. The average molecular weight is 139 g/mol. The van der Waals surface area contributed by atoms with Crippen LogP contribution in [-0.2, 0) is 11.2 Å². The molecule has 0 atom stereocenters. The fourth-order valence-electron chi connectivity index (χ4n) is 0.679. The monoisotopic (exact) mass is 139 g/mol. The number of nitrogens with zero attached hydrogens (tertiary/aromatic N) is 1. The lowest BCUT2D eigenvalue weighted by atomic mass is 10.2. The van der Waals surface area contributed by atoms with Crippen molar-refractivity contribution < 1.29 is 4.79 Å². The number of hydrogen-bond acceptors (Lipinski definition) is 2. The molecule has 3 N–H and O–H groups in total. The molecule has 0 unspecified atom stereocenters. The molecule has 0 aromatic carbocycles. The first-order chi connectivity index (χ1) is 4.79. The van der Waals surface area contributed by atoms with E-state index in [9.17, 15) is 4.79 Å². The average Bonchev–Trinajstić information content (AvgIpc) is 2.34. The fourth-order valence-corrected chi connectivity index (χ4v) is 0.679. The second-order valence-electron chi connectivity index (χ2n) is 2.04. The lowest BCUT2D eigenvalue weighted by molar-refractivity contribution is -0.118. The smallest absolute Gasteiger partial charge is 0.217 e. The third-order valence-electron chi connectivity index (χ3n) is 1.20. The summed E-state index contributed by atoms with van der Waals surface area (Å²) in [6.45, 7) is 0. The number of carbonyl (C=O) groups is 1. The van der Waals surface area contributed by atoms with Crippen molar-refractivity contribution in [3.05, 3.63) is 18.2 Å². The van der Waals surface area contributed by atoms with Crippen LogP contribution in [0.5, 0.6) is 0 Å². The van der Waals surface area contributed by atoms with Gasteiger partial charge in [-0.25, -0.2) is 4.98 Å². The van der Waals surface area contributed by atoms with Crippen LogP contribution in [-0.4, -0.2) is 15.9 Å². The first-order valence-corrected chi connectivity index (χ1v) is 3.04. The number of nitrogens with two attached hydrogens (primary N) is 1. The maximum absolute atomic E-state index is 10.3. The SMILES string of the molecule is NC(=O)CCc1cnc[nH]1. The summed E-state index contributed by atoms with van der Waals surface area (Å²) in [5.41, 5.74) is 5.88. The number of primary amides is 1. The van der Waals surface area contributed by atoms with E-state index in [2.05, 4.69) is 9.97 Å². The Labute approximate surface area is 58.5 Å². The molecular formula is C6H9N3O. The number of H-pyrrole nitrogens is 1. The molecule has 1 amide bonds. The molecule has 0 radical (unpaired) electrons. The Bertz CT molecular complexity index is 205. The van der Waals surface area contributed by atoms with Gasteiger partial charge in [0.1, 0.15) is 0 Å². The number of carbonyl (C=O) groups excluding carboxylic acids is 1. The molecule has 54 valence electrons. The Morgan fingerprint density at radius 2 is 2.60 bits per heavy atom. The molecule has 4 heteroatoms. The second-order valence-corrected chi connectivity index (χ2v) is 2.04. The van der Waals surface area contributed by atoms with E-state index in [1.165, 1.54) is 0 Å². The lowest BCUT2D eigenvalue weighted by Crippen LogP contribution is -2.11. The van der Waals surface area contributed by atoms with Crippen LogP contribution in [0.1, 0.15) is 12.1 Å².